The van der Waals surface area contributed by atoms with Gasteiger partial charge in [0.25, 0.3) is 5.91 Å². The van der Waals surface area contributed by atoms with Crippen molar-refractivity contribution < 1.29 is 83.9 Å². The van der Waals surface area contributed by atoms with Crippen molar-refractivity contribution in [2.24, 2.45) is 5.92 Å². The summed E-state index contributed by atoms with van der Waals surface area (Å²) in [5, 5.41) is 102. The monoisotopic (exact) mass is 1210 g/mol. The number of nitrogens with zero attached hydrogens (tertiary/aromatic N) is 3. The molecule has 7 amide bonds. The van der Waals surface area contributed by atoms with Crippen LogP contribution in [0.15, 0.2) is 97.1 Å². The third-order valence-corrected chi connectivity index (χ3v) is 15.9. The Labute approximate surface area is 504 Å². The van der Waals surface area contributed by atoms with Gasteiger partial charge in [-0.05, 0) is 98.6 Å². The van der Waals surface area contributed by atoms with E-state index in [1.165, 1.54) is 43.3 Å². The molecule has 0 spiro atoms. The number of carbonyl (C=O) groups excluding carboxylic acids is 7. The summed E-state index contributed by atoms with van der Waals surface area (Å²) < 4.78 is 11.9. The second-order valence-corrected chi connectivity index (χ2v) is 22.9. The number of phenolic OH excluding ortho intramolecular Hbond substituents is 1. The Bertz CT molecular complexity index is 2990. The van der Waals surface area contributed by atoms with Crippen LogP contribution in [-0.2, 0) is 33.5 Å². The Morgan fingerprint density at radius 3 is 1.76 bits per heavy atom. The minimum absolute atomic E-state index is 0.0451. The van der Waals surface area contributed by atoms with Crippen molar-refractivity contribution >= 4 is 41.4 Å². The molecule has 472 valence electrons. The average molecular weight is 1210 g/mol. The maximum atomic E-state index is 14.8. The van der Waals surface area contributed by atoms with Crippen molar-refractivity contribution in [2.45, 2.75) is 145 Å². The largest absolute Gasteiger partial charge is 0.508 e. The van der Waals surface area contributed by atoms with Crippen molar-refractivity contribution in [1.29, 1.82) is 0 Å². The molecule has 0 aliphatic carbocycles. The van der Waals surface area contributed by atoms with E-state index in [-0.39, 0.29) is 36.6 Å². The number of aliphatic hydroxyl groups is 7. The smallest absolute Gasteiger partial charge is 0.251 e. The quantitative estimate of drug-likeness (QED) is 0.0567. The second-order valence-electron chi connectivity index (χ2n) is 22.9. The summed E-state index contributed by atoms with van der Waals surface area (Å²) in [4.78, 5) is 105. The highest BCUT2D eigenvalue weighted by Crippen LogP contribution is 2.30. The van der Waals surface area contributed by atoms with E-state index < -0.39 is 152 Å². The summed E-state index contributed by atoms with van der Waals surface area (Å²) in [5.41, 5.74) is 3.47. The molecule has 87 heavy (non-hydrogen) atoms. The van der Waals surface area contributed by atoms with E-state index in [0.717, 1.165) is 70.9 Å². The molecular weight excluding hydrogens is 1130 g/mol. The lowest BCUT2D eigenvalue weighted by atomic mass is 9.96. The van der Waals surface area contributed by atoms with Gasteiger partial charge in [0.1, 0.15) is 66.1 Å². The Balaban J connectivity index is 1.22. The zero-order valence-corrected chi connectivity index (χ0v) is 49.6. The molecule has 3 fully saturated rings. The Hall–Kier alpha value is -7.59. The van der Waals surface area contributed by atoms with Crippen molar-refractivity contribution in [3.05, 3.63) is 108 Å². The van der Waals surface area contributed by atoms with Gasteiger partial charge in [0.05, 0.1) is 37.6 Å². The topological polar surface area (TPSA) is 370 Å². The lowest BCUT2D eigenvalue weighted by Crippen LogP contribution is -2.64. The molecule has 0 saturated carbocycles. The van der Waals surface area contributed by atoms with Crippen molar-refractivity contribution in [3.8, 4) is 33.8 Å². The Morgan fingerprint density at radius 2 is 1.20 bits per heavy atom. The number of aliphatic hydroxyl groups excluding tert-OH is 7. The number of ether oxygens (including phenoxy) is 2. The summed E-state index contributed by atoms with van der Waals surface area (Å²) in [6.07, 6.45) is -12.6. The van der Waals surface area contributed by atoms with Crippen molar-refractivity contribution in [2.75, 3.05) is 46.9 Å². The summed E-state index contributed by atoms with van der Waals surface area (Å²) in [5.74, 6) is -8.26. The van der Waals surface area contributed by atoms with Crippen LogP contribution in [0.2, 0.25) is 0 Å². The molecule has 13 N–H and O–H groups in total. The van der Waals surface area contributed by atoms with Gasteiger partial charge in [0.2, 0.25) is 35.4 Å². The standard InChI is InChI=1S/C62H82N8O17/c1-7-8-9-27-86-44-24-20-39(21-25-44)37-12-10-36(11-13-37)38-14-16-41(17-15-38)55(79)63-45-30-47(75)60(87-28-26-68(5)6)67-59(83)51-52(76)33(2)31-70(51)62(85)49(35(4)72)65-58(82)50(54(78)53(77)40-18-22-42(73)23-19-40)66-57(81)46-29-43(74)32-69(46)61(84)48(34(3)71)64-56(45)80/h10-25,33-35,43,45-54,60,71-78H,7-9,26-32H2,1-6H3,(H,63,79)(H,64,80)(H,65,82)(H,66,81)(H,67,83). The SMILES string of the molecule is CCCCCOc1ccc(-c2ccc(-c3ccc(C(=O)NC4CC(O)C(OCCN(C)C)NC(=O)C5C(O)C(C)CN5C(=O)C(C(C)O)NC(=O)C(C(O)C(O)c5ccc(O)cc5)NC(=O)C5CC(O)CN5C(=O)C(C(C)O)NC4=O)cc3)cc2)cc1. The van der Waals surface area contributed by atoms with Gasteiger partial charge in [-0.2, -0.15) is 0 Å². The predicted molar refractivity (Wildman–Crippen MR) is 316 cm³/mol. The summed E-state index contributed by atoms with van der Waals surface area (Å²) >= 11 is 0. The first-order valence-electron chi connectivity index (χ1n) is 29.3. The van der Waals surface area contributed by atoms with Crippen LogP contribution in [0.5, 0.6) is 11.5 Å². The lowest BCUT2D eigenvalue weighted by molar-refractivity contribution is -0.149. The van der Waals surface area contributed by atoms with Crippen LogP contribution in [0.25, 0.3) is 22.3 Å². The van der Waals surface area contributed by atoms with E-state index in [1.807, 2.05) is 48.5 Å². The molecule has 7 rings (SSSR count). The molecule has 0 bridgehead atoms. The fourth-order valence-corrected chi connectivity index (χ4v) is 10.7. The highest BCUT2D eigenvalue weighted by atomic mass is 16.5. The molecule has 4 aromatic rings. The van der Waals surface area contributed by atoms with Crippen LogP contribution in [-0.4, -0.2) is 223 Å². The first kappa shape index (κ1) is 66.9. The van der Waals surface area contributed by atoms with Gasteiger partial charge in [0, 0.05) is 44.0 Å². The highest BCUT2D eigenvalue weighted by molar-refractivity contribution is 6.00. The summed E-state index contributed by atoms with van der Waals surface area (Å²) in [7, 11) is 3.43. The average Bonchev–Trinajstić information content (AvgIpc) is 2.34. The first-order chi connectivity index (χ1) is 41.4. The normalized spacial score (nSPS) is 26.7. The maximum absolute atomic E-state index is 14.8. The second kappa shape index (κ2) is 30.4. The molecule has 3 aliphatic rings. The van der Waals surface area contributed by atoms with E-state index in [2.05, 4.69) is 33.5 Å². The number of nitrogens with one attached hydrogen (secondary N) is 5. The number of fused-ring (bicyclic) bond motifs is 2. The lowest BCUT2D eigenvalue weighted by Gasteiger charge is -2.34. The van der Waals surface area contributed by atoms with E-state index >= 15 is 0 Å². The van der Waals surface area contributed by atoms with Crippen LogP contribution in [0.3, 0.4) is 0 Å². The Kier molecular flexibility index (Phi) is 23.4. The van der Waals surface area contributed by atoms with Crippen LogP contribution in [0.1, 0.15) is 81.8 Å². The number of hydrogen-bond donors (Lipinski definition) is 13. The molecule has 15 atom stereocenters. The van der Waals surface area contributed by atoms with Crippen LogP contribution < -0.4 is 31.3 Å². The summed E-state index contributed by atoms with van der Waals surface area (Å²) in [6, 6.07) is 15.2. The molecule has 25 heteroatoms. The minimum Gasteiger partial charge on any atom is -0.508 e. The fourth-order valence-electron chi connectivity index (χ4n) is 10.7. The van der Waals surface area contributed by atoms with Crippen molar-refractivity contribution in [1.82, 2.24) is 41.3 Å². The van der Waals surface area contributed by atoms with Crippen LogP contribution >= 0.6 is 0 Å². The van der Waals surface area contributed by atoms with Gasteiger partial charge in [-0.15, -0.1) is 0 Å². The number of unbranched alkanes of at least 4 members (excludes halogenated alkanes) is 2. The fraction of sp³-hybridized carbons (Fsp3) is 0.500. The molecule has 3 heterocycles. The number of rotatable bonds is 18. The van der Waals surface area contributed by atoms with Crippen LogP contribution in [0, 0.1) is 5.92 Å². The summed E-state index contributed by atoms with van der Waals surface area (Å²) in [6.45, 7) is 5.69. The van der Waals surface area contributed by atoms with Gasteiger partial charge in [-0.25, -0.2) is 0 Å². The molecule has 3 aliphatic heterocycles. The first-order valence-corrected chi connectivity index (χ1v) is 29.3. The number of likely N-dealkylation sites (N-methyl/N-ethyl adjacent to an activating group) is 1. The predicted octanol–water partition coefficient (Wildman–Crippen LogP) is -0.341. The third kappa shape index (κ3) is 16.9. The number of amides is 7. The van der Waals surface area contributed by atoms with E-state index in [0.29, 0.717) is 6.61 Å². The number of aromatic hydroxyl groups is 1. The van der Waals surface area contributed by atoms with Gasteiger partial charge in [-0.3, -0.25) is 33.6 Å². The van der Waals surface area contributed by atoms with E-state index in [4.69, 9.17) is 9.47 Å². The zero-order valence-electron chi connectivity index (χ0n) is 49.6. The molecule has 4 aromatic carbocycles. The maximum Gasteiger partial charge on any atom is 0.251 e. The van der Waals surface area contributed by atoms with Crippen molar-refractivity contribution in [3.63, 3.8) is 0 Å². The molecule has 15 unspecified atom stereocenters. The molecule has 0 aromatic heterocycles. The number of benzene rings is 4. The molecular formula is C62H82N8O17. The van der Waals surface area contributed by atoms with Gasteiger partial charge in [0.15, 0.2) is 6.23 Å². The van der Waals surface area contributed by atoms with Gasteiger partial charge >= 0.3 is 0 Å². The highest BCUT2D eigenvalue weighted by Gasteiger charge is 2.50. The third-order valence-electron chi connectivity index (χ3n) is 15.9. The van der Waals surface area contributed by atoms with Gasteiger partial charge < -0.3 is 91.6 Å². The molecule has 3 saturated heterocycles. The van der Waals surface area contributed by atoms with E-state index in [9.17, 15) is 74.4 Å². The van der Waals surface area contributed by atoms with Gasteiger partial charge in [-0.1, -0.05) is 87.4 Å². The minimum atomic E-state index is -2.29. The number of phenols is 1. The number of carbonyl (C=O) groups is 7. The molecule has 25 nitrogen and oxygen atoms in total. The molecule has 0 radical (unpaired) electrons. The van der Waals surface area contributed by atoms with E-state index in [1.54, 1.807) is 31.1 Å². The Morgan fingerprint density at radius 1 is 0.655 bits per heavy atom. The number of hydrogen-bond acceptors (Lipinski definition) is 18. The zero-order chi connectivity index (χ0) is 63.4. The van der Waals surface area contributed by atoms with Crippen LogP contribution in [0.4, 0.5) is 0 Å².